The van der Waals surface area contributed by atoms with E-state index in [1.54, 1.807) is 35.3 Å². The van der Waals surface area contributed by atoms with Crippen LogP contribution in [0.4, 0.5) is 8.78 Å². The number of benzene rings is 1. The monoisotopic (exact) mass is 448 g/mol. The molecule has 0 saturated carbocycles. The van der Waals surface area contributed by atoms with Gasteiger partial charge in [-0.3, -0.25) is 9.59 Å². The second-order valence-corrected chi connectivity index (χ2v) is 7.87. The van der Waals surface area contributed by atoms with Crippen molar-refractivity contribution < 1.29 is 23.1 Å². The second-order valence-electron chi connectivity index (χ2n) is 7.47. The number of allylic oxidation sites excluding steroid dienone is 1. The highest BCUT2D eigenvalue weighted by atomic mass is 35.5. The van der Waals surface area contributed by atoms with E-state index < -0.39 is 12.5 Å². The molecule has 1 unspecified atom stereocenters. The van der Waals surface area contributed by atoms with E-state index in [1.807, 2.05) is 13.8 Å². The fraction of sp³-hybridized carbons (Fsp3) is 0.348. The largest absolute Gasteiger partial charge is 0.486 e. The number of nitrogens with one attached hydrogen (secondary N) is 1. The number of carbonyl (C=O) groups is 2. The van der Waals surface area contributed by atoms with Gasteiger partial charge in [0.2, 0.25) is 0 Å². The van der Waals surface area contributed by atoms with Crippen molar-refractivity contribution in [2.45, 2.75) is 32.7 Å². The number of likely N-dealkylation sites (N-methyl/N-ethyl adjacent to an activating group) is 1. The van der Waals surface area contributed by atoms with E-state index in [9.17, 15) is 18.4 Å². The SMILES string of the molecule is CCNC(=O)C1=CC=C=CC2=C1CN(C(C)c1ccc(OCC(C)(F)F)c(Cl)c1)C2=O. The third-order valence-corrected chi connectivity index (χ3v) is 5.31. The van der Waals surface area contributed by atoms with Gasteiger partial charge in [-0.2, -0.15) is 0 Å². The van der Waals surface area contributed by atoms with E-state index in [2.05, 4.69) is 11.0 Å². The molecule has 1 heterocycles. The first-order chi connectivity index (χ1) is 14.6. The molecule has 1 atom stereocenters. The van der Waals surface area contributed by atoms with Gasteiger partial charge >= 0.3 is 0 Å². The summed E-state index contributed by atoms with van der Waals surface area (Å²) in [5.41, 5.74) is 5.12. The van der Waals surface area contributed by atoms with Crippen LogP contribution in [0.15, 0.2) is 58.9 Å². The first kappa shape index (κ1) is 22.8. The van der Waals surface area contributed by atoms with E-state index in [-0.39, 0.29) is 35.2 Å². The van der Waals surface area contributed by atoms with Crippen molar-refractivity contribution in [2.75, 3.05) is 19.7 Å². The summed E-state index contributed by atoms with van der Waals surface area (Å²) in [5.74, 6) is -3.29. The Morgan fingerprint density at radius 3 is 2.81 bits per heavy atom. The molecule has 31 heavy (non-hydrogen) atoms. The zero-order valence-electron chi connectivity index (χ0n) is 17.5. The van der Waals surface area contributed by atoms with Crippen LogP contribution in [0.3, 0.4) is 0 Å². The molecule has 0 radical (unpaired) electrons. The normalized spacial score (nSPS) is 16.8. The third kappa shape index (κ3) is 5.06. The molecule has 164 valence electrons. The molecule has 1 aromatic carbocycles. The summed E-state index contributed by atoms with van der Waals surface area (Å²) < 4.78 is 31.2. The summed E-state index contributed by atoms with van der Waals surface area (Å²) in [7, 11) is 0. The first-order valence-electron chi connectivity index (χ1n) is 9.88. The maximum absolute atomic E-state index is 13.1. The van der Waals surface area contributed by atoms with Crippen LogP contribution in [-0.4, -0.2) is 42.3 Å². The number of amides is 2. The molecule has 2 aliphatic rings. The number of halogens is 3. The molecule has 0 saturated heterocycles. The number of alkyl halides is 2. The Balaban J connectivity index is 1.81. The molecule has 1 aliphatic heterocycles. The van der Waals surface area contributed by atoms with Crippen molar-refractivity contribution in [2.24, 2.45) is 0 Å². The highest BCUT2D eigenvalue weighted by molar-refractivity contribution is 6.32. The van der Waals surface area contributed by atoms with Crippen molar-refractivity contribution in [3.8, 4) is 5.75 Å². The van der Waals surface area contributed by atoms with Gasteiger partial charge in [-0.05, 0) is 55.3 Å². The summed E-state index contributed by atoms with van der Waals surface area (Å²) in [4.78, 5) is 27.2. The minimum Gasteiger partial charge on any atom is -0.486 e. The van der Waals surface area contributed by atoms with Crippen LogP contribution in [0, 0.1) is 0 Å². The predicted molar refractivity (Wildman–Crippen MR) is 114 cm³/mol. The van der Waals surface area contributed by atoms with Crippen molar-refractivity contribution in [3.63, 3.8) is 0 Å². The van der Waals surface area contributed by atoms with Gasteiger partial charge in [-0.1, -0.05) is 17.7 Å². The quantitative estimate of drug-likeness (QED) is 0.630. The Hall–Kier alpha value is -2.89. The first-order valence-corrected chi connectivity index (χ1v) is 10.3. The molecule has 1 N–H and O–H groups in total. The van der Waals surface area contributed by atoms with Crippen LogP contribution < -0.4 is 10.1 Å². The van der Waals surface area contributed by atoms with Crippen molar-refractivity contribution in [3.05, 3.63) is 69.5 Å². The lowest BCUT2D eigenvalue weighted by molar-refractivity contribution is -0.127. The Morgan fingerprint density at radius 1 is 1.42 bits per heavy atom. The molecule has 0 bridgehead atoms. The van der Waals surface area contributed by atoms with Gasteiger partial charge in [0.15, 0.2) is 6.61 Å². The molecule has 0 fully saturated rings. The fourth-order valence-corrected chi connectivity index (χ4v) is 3.66. The zero-order valence-corrected chi connectivity index (χ0v) is 18.2. The number of carbonyl (C=O) groups excluding carboxylic acids is 2. The van der Waals surface area contributed by atoms with Gasteiger partial charge < -0.3 is 15.0 Å². The summed E-state index contributed by atoms with van der Waals surface area (Å²) in [6.45, 7) is 4.37. The molecule has 0 aromatic heterocycles. The highest BCUT2D eigenvalue weighted by Gasteiger charge is 2.36. The molecular formula is C23H23ClF2N2O3. The average Bonchev–Trinajstić information content (AvgIpc) is 2.88. The summed E-state index contributed by atoms with van der Waals surface area (Å²) in [6.07, 6.45) is 4.85. The lowest BCUT2D eigenvalue weighted by atomic mass is 10.0. The minimum atomic E-state index is -2.97. The average molecular weight is 449 g/mol. The van der Waals surface area contributed by atoms with E-state index >= 15 is 0 Å². The Labute approximate surface area is 184 Å². The number of rotatable bonds is 7. The number of hydrogen-bond acceptors (Lipinski definition) is 3. The van der Waals surface area contributed by atoms with Crippen LogP contribution >= 0.6 is 11.6 Å². The third-order valence-electron chi connectivity index (χ3n) is 5.01. The Bertz CT molecular complexity index is 1030. The lowest BCUT2D eigenvalue weighted by Gasteiger charge is -2.26. The van der Waals surface area contributed by atoms with Crippen LogP contribution in [-0.2, 0) is 9.59 Å². The van der Waals surface area contributed by atoms with Crippen molar-refractivity contribution in [1.29, 1.82) is 0 Å². The molecule has 2 amide bonds. The molecule has 0 spiro atoms. The minimum absolute atomic E-state index is 0.148. The van der Waals surface area contributed by atoms with Crippen LogP contribution in [0.25, 0.3) is 0 Å². The Morgan fingerprint density at radius 2 is 2.16 bits per heavy atom. The maximum atomic E-state index is 13.1. The van der Waals surface area contributed by atoms with E-state index in [0.717, 1.165) is 12.5 Å². The predicted octanol–water partition coefficient (Wildman–Crippen LogP) is 4.36. The van der Waals surface area contributed by atoms with Crippen molar-refractivity contribution in [1.82, 2.24) is 10.2 Å². The fourth-order valence-electron chi connectivity index (χ4n) is 3.41. The Kier molecular flexibility index (Phi) is 6.68. The number of nitrogens with zero attached hydrogens (tertiary/aromatic N) is 1. The summed E-state index contributed by atoms with van der Waals surface area (Å²) in [5, 5.41) is 2.95. The highest BCUT2D eigenvalue weighted by Crippen LogP contribution is 2.36. The lowest BCUT2D eigenvalue weighted by Crippen LogP contribution is -2.31. The smallest absolute Gasteiger partial charge is 0.278 e. The van der Waals surface area contributed by atoms with Gasteiger partial charge in [0.25, 0.3) is 17.7 Å². The van der Waals surface area contributed by atoms with Gasteiger partial charge in [-0.25, -0.2) is 8.78 Å². The summed E-state index contributed by atoms with van der Waals surface area (Å²) in [6, 6.07) is 4.43. The van der Waals surface area contributed by atoms with Crippen molar-refractivity contribution >= 4 is 23.4 Å². The van der Waals surface area contributed by atoms with Gasteiger partial charge in [0, 0.05) is 25.6 Å². The molecule has 5 nitrogen and oxygen atoms in total. The molecule has 3 rings (SSSR count). The topological polar surface area (TPSA) is 58.6 Å². The molecule has 1 aliphatic carbocycles. The maximum Gasteiger partial charge on any atom is 0.278 e. The molecule has 8 heteroatoms. The second kappa shape index (κ2) is 9.08. The molecular weight excluding hydrogens is 426 g/mol. The van der Waals surface area contributed by atoms with E-state index in [1.165, 1.54) is 6.07 Å². The summed E-state index contributed by atoms with van der Waals surface area (Å²) >= 11 is 6.22. The van der Waals surface area contributed by atoms with Gasteiger partial charge in [0.1, 0.15) is 5.75 Å². The van der Waals surface area contributed by atoms with Gasteiger partial charge in [-0.15, -0.1) is 5.73 Å². The van der Waals surface area contributed by atoms with Crippen LogP contribution in [0.1, 0.15) is 32.4 Å². The standard InChI is InChI=1S/C23H23ClF2N2O3/c1-4-27-21(29)16-7-5-6-8-17-18(16)12-28(22(17)30)14(2)15-9-10-20(19(24)11-15)31-13-23(3,25)26/h5,7-11,14H,4,12-13H2,1-3H3,(H,27,29). The van der Waals surface area contributed by atoms with Gasteiger partial charge in [0.05, 0.1) is 16.6 Å². The zero-order chi connectivity index (χ0) is 22.8. The van der Waals surface area contributed by atoms with E-state index in [4.69, 9.17) is 16.3 Å². The van der Waals surface area contributed by atoms with E-state index in [0.29, 0.717) is 23.3 Å². The molecule has 1 aromatic rings. The van der Waals surface area contributed by atoms with Crippen LogP contribution in [0.2, 0.25) is 5.02 Å². The number of ether oxygens (including phenoxy) is 1. The van der Waals surface area contributed by atoms with Crippen LogP contribution in [0.5, 0.6) is 5.75 Å². The number of hydrogen-bond donors (Lipinski definition) is 1.